The van der Waals surface area contributed by atoms with Crippen molar-refractivity contribution in [3.8, 4) is 0 Å². The van der Waals surface area contributed by atoms with Crippen molar-refractivity contribution in [1.82, 2.24) is 5.32 Å². The van der Waals surface area contributed by atoms with Gasteiger partial charge in [-0.3, -0.25) is 9.59 Å². The van der Waals surface area contributed by atoms with Gasteiger partial charge in [-0.1, -0.05) is 15.9 Å². The van der Waals surface area contributed by atoms with E-state index in [0.717, 1.165) is 15.7 Å². The lowest BCUT2D eigenvalue weighted by Crippen LogP contribution is -2.32. The standard InChI is InChI=1S/C17H17BrN2O3/c1-11-7-13(4-5-15(11)18)20-10-12(8-16(20)21)17(22)19-9-14-3-2-6-23-14/h2-7,12H,8-10H2,1H3,(H,19,22). The van der Waals surface area contributed by atoms with Gasteiger partial charge in [-0.15, -0.1) is 0 Å². The quantitative estimate of drug-likeness (QED) is 0.891. The van der Waals surface area contributed by atoms with Gasteiger partial charge in [0.15, 0.2) is 0 Å². The molecule has 120 valence electrons. The number of hydrogen-bond acceptors (Lipinski definition) is 3. The number of aryl methyl sites for hydroxylation is 1. The molecular weight excluding hydrogens is 360 g/mol. The zero-order valence-electron chi connectivity index (χ0n) is 12.7. The fraction of sp³-hybridized carbons (Fsp3) is 0.294. The van der Waals surface area contributed by atoms with Crippen LogP contribution < -0.4 is 10.2 Å². The minimum Gasteiger partial charge on any atom is -0.467 e. The topological polar surface area (TPSA) is 62.6 Å². The average Bonchev–Trinajstić information content (AvgIpc) is 3.17. The molecule has 2 amide bonds. The first kappa shape index (κ1) is 15.8. The monoisotopic (exact) mass is 376 g/mol. The second-order valence-corrected chi connectivity index (χ2v) is 6.49. The van der Waals surface area contributed by atoms with Gasteiger partial charge < -0.3 is 14.6 Å². The summed E-state index contributed by atoms with van der Waals surface area (Å²) in [5, 5.41) is 2.82. The number of rotatable bonds is 4. The lowest BCUT2D eigenvalue weighted by molar-refractivity contribution is -0.126. The van der Waals surface area contributed by atoms with Crippen LogP contribution in [0.3, 0.4) is 0 Å². The van der Waals surface area contributed by atoms with Crippen molar-refractivity contribution in [3.63, 3.8) is 0 Å². The predicted molar refractivity (Wildman–Crippen MR) is 89.9 cm³/mol. The number of benzene rings is 1. The molecule has 1 saturated heterocycles. The third-order valence-electron chi connectivity index (χ3n) is 3.97. The largest absolute Gasteiger partial charge is 0.467 e. The van der Waals surface area contributed by atoms with Crippen LogP contribution in [0.4, 0.5) is 5.69 Å². The van der Waals surface area contributed by atoms with Crippen molar-refractivity contribution in [2.45, 2.75) is 19.9 Å². The molecule has 23 heavy (non-hydrogen) atoms. The highest BCUT2D eigenvalue weighted by Crippen LogP contribution is 2.28. The summed E-state index contributed by atoms with van der Waals surface area (Å²) in [5.74, 6) is 0.223. The van der Waals surface area contributed by atoms with Gasteiger partial charge >= 0.3 is 0 Å². The summed E-state index contributed by atoms with van der Waals surface area (Å²) in [4.78, 5) is 26.2. The van der Waals surface area contributed by atoms with E-state index in [0.29, 0.717) is 18.8 Å². The first-order valence-corrected chi connectivity index (χ1v) is 8.20. The molecule has 2 heterocycles. The van der Waals surface area contributed by atoms with E-state index in [-0.39, 0.29) is 24.2 Å². The Labute approximate surface area is 142 Å². The van der Waals surface area contributed by atoms with Gasteiger partial charge in [0, 0.05) is 23.1 Å². The Kier molecular flexibility index (Phi) is 4.52. The highest BCUT2D eigenvalue weighted by atomic mass is 79.9. The normalized spacial score (nSPS) is 17.6. The zero-order chi connectivity index (χ0) is 16.4. The summed E-state index contributed by atoms with van der Waals surface area (Å²) in [6.07, 6.45) is 1.80. The summed E-state index contributed by atoms with van der Waals surface area (Å²) < 4.78 is 6.19. The van der Waals surface area contributed by atoms with Crippen LogP contribution in [0.5, 0.6) is 0 Å². The molecule has 5 nitrogen and oxygen atoms in total. The minimum absolute atomic E-state index is 0.0233. The number of furan rings is 1. The fourth-order valence-corrected chi connectivity index (χ4v) is 2.91. The molecule has 0 aliphatic carbocycles. The molecule has 0 spiro atoms. The van der Waals surface area contributed by atoms with Crippen LogP contribution in [-0.2, 0) is 16.1 Å². The third-order valence-corrected chi connectivity index (χ3v) is 4.86. The molecule has 6 heteroatoms. The Morgan fingerprint density at radius 3 is 2.96 bits per heavy atom. The summed E-state index contributed by atoms with van der Waals surface area (Å²) in [6.45, 7) is 2.72. The molecule has 0 bridgehead atoms. The highest BCUT2D eigenvalue weighted by molar-refractivity contribution is 9.10. The van der Waals surface area contributed by atoms with Crippen molar-refractivity contribution in [2.75, 3.05) is 11.4 Å². The zero-order valence-corrected chi connectivity index (χ0v) is 14.3. The number of nitrogens with zero attached hydrogens (tertiary/aromatic N) is 1. The maximum atomic E-state index is 12.2. The lowest BCUT2D eigenvalue weighted by atomic mass is 10.1. The highest BCUT2D eigenvalue weighted by Gasteiger charge is 2.35. The van der Waals surface area contributed by atoms with E-state index in [9.17, 15) is 9.59 Å². The van der Waals surface area contributed by atoms with Crippen LogP contribution >= 0.6 is 15.9 Å². The Morgan fingerprint density at radius 2 is 2.26 bits per heavy atom. The molecule has 1 unspecified atom stereocenters. The molecular formula is C17H17BrN2O3. The van der Waals surface area contributed by atoms with Crippen molar-refractivity contribution < 1.29 is 14.0 Å². The molecule has 3 rings (SSSR count). The predicted octanol–water partition coefficient (Wildman–Crippen LogP) is 3.02. The van der Waals surface area contributed by atoms with Gasteiger partial charge in [0.1, 0.15) is 5.76 Å². The summed E-state index contributed by atoms with van der Waals surface area (Å²) in [5.41, 5.74) is 1.89. The first-order chi connectivity index (χ1) is 11.0. The van der Waals surface area contributed by atoms with Gasteiger partial charge in [0.05, 0.1) is 18.7 Å². The molecule has 1 N–H and O–H groups in total. The third kappa shape index (κ3) is 3.47. The molecule has 1 atom stereocenters. The van der Waals surface area contributed by atoms with Crippen molar-refractivity contribution in [1.29, 1.82) is 0 Å². The van der Waals surface area contributed by atoms with E-state index in [1.807, 2.05) is 25.1 Å². The second kappa shape index (κ2) is 6.58. The van der Waals surface area contributed by atoms with Gasteiger partial charge in [0.25, 0.3) is 0 Å². The molecule has 1 aromatic carbocycles. The summed E-state index contributed by atoms with van der Waals surface area (Å²) in [6, 6.07) is 9.33. The maximum Gasteiger partial charge on any atom is 0.227 e. The van der Waals surface area contributed by atoms with Crippen LogP contribution in [0.1, 0.15) is 17.7 Å². The molecule has 1 aliphatic heterocycles. The van der Waals surface area contributed by atoms with Crippen molar-refractivity contribution in [2.24, 2.45) is 5.92 Å². The van der Waals surface area contributed by atoms with E-state index < -0.39 is 0 Å². The average molecular weight is 377 g/mol. The van der Waals surface area contributed by atoms with Gasteiger partial charge in [-0.25, -0.2) is 0 Å². The van der Waals surface area contributed by atoms with Gasteiger partial charge in [0.2, 0.25) is 11.8 Å². The maximum absolute atomic E-state index is 12.2. The fourth-order valence-electron chi connectivity index (χ4n) is 2.66. The van der Waals surface area contributed by atoms with Crippen molar-refractivity contribution in [3.05, 3.63) is 52.4 Å². The molecule has 0 radical (unpaired) electrons. The molecule has 1 fully saturated rings. The number of anilines is 1. The van der Waals surface area contributed by atoms with Gasteiger partial charge in [-0.2, -0.15) is 0 Å². The Balaban J connectivity index is 1.64. The number of carbonyl (C=O) groups excluding carboxylic acids is 2. The minimum atomic E-state index is -0.332. The number of hydrogen-bond donors (Lipinski definition) is 1. The molecule has 1 aliphatic rings. The van der Waals surface area contributed by atoms with Crippen molar-refractivity contribution >= 4 is 33.4 Å². The Hall–Kier alpha value is -2.08. The van der Waals surface area contributed by atoms with Crippen LogP contribution in [0.25, 0.3) is 0 Å². The first-order valence-electron chi connectivity index (χ1n) is 7.41. The summed E-state index contributed by atoms with van der Waals surface area (Å²) in [7, 11) is 0. The van der Waals surface area contributed by atoms with E-state index >= 15 is 0 Å². The number of halogens is 1. The molecule has 2 aromatic rings. The van der Waals surface area contributed by atoms with E-state index in [2.05, 4.69) is 21.2 Å². The Bertz CT molecular complexity index is 727. The van der Waals surface area contributed by atoms with Crippen LogP contribution in [-0.4, -0.2) is 18.4 Å². The summed E-state index contributed by atoms with van der Waals surface area (Å²) >= 11 is 3.45. The smallest absolute Gasteiger partial charge is 0.227 e. The lowest BCUT2D eigenvalue weighted by Gasteiger charge is -2.17. The molecule has 1 aromatic heterocycles. The SMILES string of the molecule is Cc1cc(N2CC(C(=O)NCc3ccco3)CC2=O)ccc1Br. The molecule has 0 saturated carbocycles. The number of nitrogens with one attached hydrogen (secondary N) is 1. The van der Waals surface area contributed by atoms with Crippen LogP contribution in [0.15, 0.2) is 45.5 Å². The van der Waals surface area contributed by atoms with E-state index in [4.69, 9.17) is 4.42 Å². The number of carbonyl (C=O) groups is 2. The van der Waals surface area contributed by atoms with Gasteiger partial charge in [-0.05, 0) is 42.8 Å². The Morgan fingerprint density at radius 1 is 1.43 bits per heavy atom. The second-order valence-electron chi connectivity index (χ2n) is 5.64. The van der Waals surface area contributed by atoms with E-state index in [1.54, 1.807) is 23.3 Å². The van der Waals surface area contributed by atoms with E-state index in [1.165, 1.54) is 0 Å². The number of amides is 2. The van der Waals surface area contributed by atoms with Crippen LogP contribution in [0.2, 0.25) is 0 Å². The van der Waals surface area contributed by atoms with Crippen LogP contribution in [0, 0.1) is 12.8 Å².